The van der Waals surface area contributed by atoms with E-state index in [4.69, 9.17) is 11.5 Å². The molecule has 0 aliphatic carbocycles. The number of aromatic nitrogens is 1. The molecule has 3 rings (SSSR count). The summed E-state index contributed by atoms with van der Waals surface area (Å²) in [5.74, 6) is -1.27. The molecular formula is C26H31N5O3S. The van der Waals surface area contributed by atoms with Gasteiger partial charge in [0.25, 0.3) is 11.8 Å². The van der Waals surface area contributed by atoms with Crippen molar-refractivity contribution < 1.29 is 14.4 Å². The van der Waals surface area contributed by atoms with Gasteiger partial charge in [-0.25, -0.2) is 0 Å². The summed E-state index contributed by atoms with van der Waals surface area (Å²) in [6, 6.07) is 13.8. The number of carbonyl (C=O) groups excluding carboxylic acids is 3. The van der Waals surface area contributed by atoms with Gasteiger partial charge in [0.15, 0.2) is 5.69 Å². The van der Waals surface area contributed by atoms with Crippen LogP contribution in [0.4, 0.5) is 11.4 Å². The first-order valence-electron chi connectivity index (χ1n) is 11.4. The summed E-state index contributed by atoms with van der Waals surface area (Å²) in [6.07, 6.45) is 0.800. The number of nitrogens with two attached hydrogens (primary N) is 2. The Morgan fingerprint density at radius 1 is 1.00 bits per heavy atom. The summed E-state index contributed by atoms with van der Waals surface area (Å²) in [5.41, 5.74) is 14.4. The lowest BCUT2D eigenvalue weighted by Gasteiger charge is -2.31. The number of primary amides is 1. The van der Waals surface area contributed by atoms with Crippen molar-refractivity contribution in [3.8, 4) is 0 Å². The standard InChI is InChI=1S/C26H31N5O3S/c1-15(2)13-14-29-25(33)22(18-9-5-16(3)6-10-18)31(19-11-7-17(4)8-12-19)26(34)23-20(27)21(24(28)32)30-35-23/h5-12,15,22H,13-14,27H2,1-4H3,(H2,28,32)(H,29,33). The molecule has 0 radical (unpaired) electrons. The highest BCUT2D eigenvalue weighted by Crippen LogP contribution is 2.33. The normalized spacial score (nSPS) is 11.8. The van der Waals surface area contributed by atoms with Crippen LogP contribution < -0.4 is 21.7 Å². The molecule has 184 valence electrons. The topological polar surface area (TPSA) is 131 Å². The summed E-state index contributed by atoms with van der Waals surface area (Å²) < 4.78 is 3.98. The molecule has 0 spiro atoms. The van der Waals surface area contributed by atoms with E-state index in [0.717, 1.165) is 29.1 Å². The molecule has 1 atom stereocenters. The number of aryl methyl sites for hydroxylation is 2. The van der Waals surface area contributed by atoms with Gasteiger partial charge in [-0.05, 0) is 55.4 Å². The van der Waals surface area contributed by atoms with E-state index < -0.39 is 17.9 Å². The SMILES string of the molecule is Cc1ccc(C(C(=O)NCCC(C)C)N(C(=O)c2snc(C(N)=O)c2N)c2ccc(C)cc2)cc1. The molecule has 1 unspecified atom stereocenters. The van der Waals surface area contributed by atoms with Crippen molar-refractivity contribution in [1.82, 2.24) is 9.69 Å². The van der Waals surface area contributed by atoms with E-state index in [1.54, 1.807) is 12.1 Å². The number of anilines is 2. The average Bonchev–Trinajstić information content (AvgIpc) is 3.20. The Hall–Kier alpha value is -3.72. The third kappa shape index (κ3) is 6.05. The number of rotatable bonds is 9. The predicted molar refractivity (Wildman–Crippen MR) is 139 cm³/mol. The van der Waals surface area contributed by atoms with E-state index in [0.29, 0.717) is 23.7 Å². The second-order valence-corrected chi connectivity index (χ2v) is 9.71. The third-order valence-electron chi connectivity index (χ3n) is 5.61. The largest absolute Gasteiger partial charge is 0.395 e. The Kier molecular flexibility index (Phi) is 8.24. The number of nitrogens with one attached hydrogen (secondary N) is 1. The van der Waals surface area contributed by atoms with Crippen LogP contribution in [0, 0.1) is 19.8 Å². The van der Waals surface area contributed by atoms with Crippen molar-refractivity contribution in [3.05, 3.63) is 75.8 Å². The number of hydrogen-bond acceptors (Lipinski definition) is 6. The minimum Gasteiger partial charge on any atom is -0.395 e. The molecule has 1 aromatic heterocycles. The zero-order valence-electron chi connectivity index (χ0n) is 20.4. The zero-order valence-corrected chi connectivity index (χ0v) is 21.2. The first-order valence-corrected chi connectivity index (χ1v) is 12.2. The van der Waals surface area contributed by atoms with Crippen LogP contribution in [-0.4, -0.2) is 28.6 Å². The van der Waals surface area contributed by atoms with Crippen LogP contribution >= 0.6 is 11.5 Å². The second-order valence-electron chi connectivity index (χ2n) is 8.94. The van der Waals surface area contributed by atoms with Gasteiger partial charge < -0.3 is 16.8 Å². The van der Waals surface area contributed by atoms with Gasteiger partial charge in [0.2, 0.25) is 5.91 Å². The first-order chi connectivity index (χ1) is 16.6. The summed E-state index contributed by atoms with van der Waals surface area (Å²) >= 11 is 0.789. The molecule has 5 N–H and O–H groups in total. The molecule has 0 fully saturated rings. The van der Waals surface area contributed by atoms with Crippen LogP contribution in [0.2, 0.25) is 0 Å². The van der Waals surface area contributed by atoms with Crippen molar-refractivity contribution >= 4 is 40.6 Å². The third-order valence-corrected chi connectivity index (χ3v) is 6.46. The van der Waals surface area contributed by atoms with Crippen LogP contribution in [0.5, 0.6) is 0 Å². The molecule has 0 aliphatic rings. The lowest BCUT2D eigenvalue weighted by atomic mass is 10.0. The highest BCUT2D eigenvalue weighted by atomic mass is 32.1. The molecule has 8 nitrogen and oxygen atoms in total. The fourth-order valence-corrected chi connectivity index (χ4v) is 4.32. The molecule has 35 heavy (non-hydrogen) atoms. The van der Waals surface area contributed by atoms with Gasteiger partial charge >= 0.3 is 0 Å². The summed E-state index contributed by atoms with van der Waals surface area (Å²) in [5, 5.41) is 2.98. The average molecular weight is 494 g/mol. The van der Waals surface area contributed by atoms with Crippen LogP contribution in [0.1, 0.15) is 63.2 Å². The quantitative estimate of drug-likeness (QED) is 0.415. The number of carbonyl (C=O) groups is 3. The molecule has 3 amide bonds. The van der Waals surface area contributed by atoms with Gasteiger partial charge in [0.05, 0.1) is 5.69 Å². The Morgan fingerprint density at radius 3 is 2.09 bits per heavy atom. The van der Waals surface area contributed by atoms with Crippen molar-refractivity contribution in [2.75, 3.05) is 17.2 Å². The maximum atomic E-state index is 13.9. The molecule has 0 bridgehead atoms. The second kappa shape index (κ2) is 11.1. The number of benzene rings is 2. The maximum absolute atomic E-state index is 13.9. The zero-order chi connectivity index (χ0) is 25.7. The molecule has 3 aromatic rings. The van der Waals surface area contributed by atoms with Gasteiger partial charge in [0, 0.05) is 12.2 Å². The van der Waals surface area contributed by atoms with Crippen molar-refractivity contribution in [3.63, 3.8) is 0 Å². The lowest BCUT2D eigenvalue weighted by molar-refractivity contribution is -0.122. The highest BCUT2D eigenvalue weighted by molar-refractivity contribution is 7.09. The Bertz CT molecular complexity index is 1200. The summed E-state index contributed by atoms with van der Waals surface area (Å²) in [6.45, 7) is 8.52. The van der Waals surface area contributed by atoms with E-state index in [2.05, 4.69) is 23.5 Å². The lowest BCUT2D eigenvalue weighted by Crippen LogP contribution is -2.44. The molecule has 1 heterocycles. The Morgan fingerprint density at radius 2 is 1.57 bits per heavy atom. The number of nitrogen functional groups attached to an aromatic ring is 1. The van der Waals surface area contributed by atoms with Gasteiger partial charge in [-0.3, -0.25) is 19.3 Å². The van der Waals surface area contributed by atoms with Crippen molar-refractivity contribution in [1.29, 1.82) is 0 Å². The molecule has 9 heteroatoms. The van der Waals surface area contributed by atoms with Gasteiger partial charge in [-0.15, -0.1) is 0 Å². The molecular weight excluding hydrogens is 462 g/mol. The molecule has 0 saturated heterocycles. The van der Waals surface area contributed by atoms with Crippen molar-refractivity contribution in [2.45, 2.75) is 40.2 Å². The van der Waals surface area contributed by atoms with Crippen LogP contribution in [0.15, 0.2) is 48.5 Å². The first kappa shape index (κ1) is 25.9. The van der Waals surface area contributed by atoms with E-state index in [1.807, 2.05) is 50.2 Å². The van der Waals surface area contributed by atoms with Crippen LogP contribution in [-0.2, 0) is 4.79 Å². The van der Waals surface area contributed by atoms with Crippen molar-refractivity contribution in [2.24, 2.45) is 11.7 Å². The van der Waals surface area contributed by atoms with Gasteiger partial charge in [-0.1, -0.05) is 61.4 Å². The minimum absolute atomic E-state index is 0.0477. The van der Waals surface area contributed by atoms with E-state index in [9.17, 15) is 14.4 Å². The number of amides is 3. The van der Waals surface area contributed by atoms with Crippen LogP contribution in [0.25, 0.3) is 0 Å². The number of hydrogen-bond donors (Lipinski definition) is 3. The van der Waals surface area contributed by atoms with Gasteiger partial charge in [-0.2, -0.15) is 4.37 Å². The van der Waals surface area contributed by atoms with E-state index >= 15 is 0 Å². The number of nitrogens with zero attached hydrogens (tertiary/aromatic N) is 2. The van der Waals surface area contributed by atoms with Crippen LogP contribution in [0.3, 0.4) is 0 Å². The highest BCUT2D eigenvalue weighted by Gasteiger charge is 2.35. The maximum Gasteiger partial charge on any atom is 0.273 e. The molecule has 2 aromatic carbocycles. The summed E-state index contributed by atoms with van der Waals surface area (Å²) in [4.78, 5) is 40.7. The molecule has 0 aliphatic heterocycles. The Labute approximate surface area is 209 Å². The molecule has 0 saturated carbocycles. The smallest absolute Gasteiger partial charge is 0.273 e. The Balaban J connectivity index is 2.14. The fraction of sp³-hybridized carbons (Fsp3) is 0.308. The predicted octanol–water partition coefficient (Wildman–Crippen LogP) is 3.99. The minimum atomic E-state index is -0.975. The monoisotopic (exact) mass is 493 g/mol. The van der Waals surface area contributed by atoms with E-state index in [-0.39, 0.29) is 22.2 Å². The van der Waals surface area contributed by atoms with Gasteiger partial charge in [0.1, 0.15) is 10.9 Å². The summed E-state index contributed by atoms with van der Waals surface area (Å²) in [7, 11) is 0. The van der Waals surface area contributed by atoms with E-state index in [1.165, 1.54) is 4.90 Å². The fourth-order valence-electron chi connectivity index (χ4n) is 3.57.